The van der Waals surface area contributed by atoms with Crippen LogP contribution in [0.4, 0.5) is 5.69 Å². The van der Waals surface area contributed by atoms with Crippen LogP contribution in [0.3, 0.4) is 0 Å². The predicted molar refractivity (Wildman–Crippen MR) is 105 cm³/mol. The van der Waals surface area contributed by atoms with Crippen molar-refractivity contribution < 1.29 is 27.5 Å². The number of ether oxygens (including phenoxy) is 2. The van der Waals surface area contributed by atoms with Gasteiger partial charge in [0.1, 0.15) is 29.6 Å². The molecule has 2 amide bonds. The Kier molecular flexibility index (Phi) is 7.82. The van der Waals surface area contributed by atoms with Crippen LogP contribution in [0.25, 0.3) is 0 Å². The summed E-state index contributed by atoms with van der Waals surface area (Å²) in [6.07, 6.45) is 0. The third kappa shape index (κ3) is 7.67. The summed E-state index contributed by atoms with van der Waals surface area (Å²) in [7, 11) is -2.32. The zero-order chi connectivity index (χ0) is 20.4. The number of hydrogen-bond acceptors (Lipinski definition) is 6. The van der Waals surface area contributed by atoms with Crippen molar-refractivity contribution in [3.63, 3.8) is 0 Å². The average Bonchev–Trinajstić information content (AvgIpc) is 2.65. The first-order chi connectivity index (χ1) is 13.4. The van der Waals surface area contributed by atoms with Crippen molar-refractivity contribution in [1.29, 1.82) is 0 Å². The summed E-state index contributed by atoms with van der Waals surface area (Å²) in [5, 5.41) is 4.93. The SMILES string of the molecule is COc1ccc(OCCNC(=O)CS(=O)(=O)CC(=O)Nc2ccccc2)cc1. The molecule has 0 saturated carbocycles. The Balaban J connectivity index is 1.69. The third-order valence-electron chi connectivity index (χ3n) is 3.51. The Morgan fingerprint density at radius 3 is 2.14 bits per heavy atom. The number of hydrogen-bond donors (Lipinski definition) is 2. The minimum atomic E-state index is -3.88. The van der Waals surface area contributed by atoms with Gasteiger partial charge in [-0.2, -0.15) is 0 Å². The lowest BCUT2D eigenvalue weighted by Gasteiger charge is -2.09. The van der Waals surface area contributed by atoms with Crippen LogP contribution in [0, 0.1) is 0 Å². The first-order valence-electron chi connectivity index (χ1n) is 8.47. The normalized spacial score (nSPS) is 10.8. The molecule has 0 bridgehead atoms. The zero-order valence-electron chi connectivity index (χ0n) is 15.4. The molecule has 0 saturated heterocycles. The summed E-state index contributed by atoms with van der Waals surface area (Å²) in [4.78, 5) is 23.6. The van der Waals surface area contributed by atoms with Crippen LogP contribution in [-0.2, 0) is 19.4 Å². The molecule has 0 atom stereocenters. The molecule has 0 spiro atoms. The van der Waals surface area contributed by atoms with Crippen LogP contribution in [0.15, 0.2) is 54.6 Å². The number of nitrogens with one attached hydrogen (secondary N) is 2. The number of rotatable bonds is 10. The number of methoxy groups -OCH3 is 1. The van der Waals surface area contributed by atoms with Crippen molar-refractivity contribution in [2.24, 2.45) is 0 Å². The van der Waals surface area contributed by atoms with Crippen molar-refractivity contribution in [2.75, 3.05) is 37.1 Å². The maximum Gasteiger partial charge on any atom is 0.239 e. The summed E-state index contributed by atoms with van der Waals surface area (Å²) in [6.45, 7) is 0.309. The second-order valence-electron chi connectivity index (χ2n) is 5.82. The van der Waals surface area contributed by atoms with E-state index in [1.165, 1.54) is 0 Å². The average molecular weight is 406 g/mol. The molecule has 2 aromatic carbocycles. The number of benzene rings is 2. The number of sulfone groups is 1. The van der Waals surface area contributed by atoms with E-state index in [9.17, 15) is 18.0 Å². The van der Waals surface area contributed by atoms with Gasteiger partial charge >= 0.3 is 0 Å². The molecule has 0 radical (unpaired) electrons. The van der Waals surface area contributed by atoms with Crippen molar-refractivity contribution in [1.82, 2.24) is 5.32 Å². The molecule has 0 aromatic heterocycles. The van der Waals surface area contributed by atoms with E-state index in [2.05, 4.69) is 10.6 Å². The van der Waals surface area contributed by atoms with Crippen LogP contribution in [0.5, 0.6) is 11.5 Å². The largest absolute Gasteiger partial charge is 0.497 e. The smallest absolute Gasteiger partial charge is 0.239 e. The summed E-state index contributed by atoms with van der Waals surface area (Å²) in [5.41, 5.74) is 0.489. The number of anilines is 1. The van der Waals surface area contributed by atoms with E-state index in [1.54, 1.807) is 61.7 Å². The molecule has 8 nitrogen and oxygen atoms in total. The Hall–Kier alpha value is -3.07. The molecule has 0 aliphatic rings. The highest BCUT2D eigenvalue weighted by Gasteiger charge is 2.20. The monoisotopic (exact) mass is 406 g/mol. The highest BCUT2D eigenvalue weighted by atomic mass is 32.2. The molecule has 0 aliphatic heterocycles. The van der Waals surface area contributed by atoms with Crippen molar-refractivity contribution >= 4 is 27.3 Å². The Labute approximate surface area is 163 Å². The van der Waals surface area contributed by atoms with Crippen molar-refractivity contribution in [3.05, 3.63) is 54.6 Å². The minimum absolute atomic E-state index is 0.136. The van der Waals surface area contributed by atoms with Gasteiger partial charge in [-0.3, -0.25) is 9.59 Å². The first-order valence-corrected chi connectivity index (χ1v) is 10.3. The van der Waals surface area contributed by atoms with Gasteiger partial charge in [0.15, 0.2) is 9.84 Å². The molecule has 9 heteroatoms. The van der Waals surface area contributed by atoms with Gasteiger partial charge in [0.2, 0.25) is 11.8 Å². The summed E-state index contributed by atoms with van der Waals surface area (Å²) in [5.74, 6) is -1.62. The van der Waals surface area contributed by atoms with Crippen molar-refractivity contribution in [3.8, 4) is 11.5 Å². The Morgan fingerprint density at radius 2 is 1.50 bits per heavy atom. The fourth-order valence-corrected chi connectivity index (χ4v) is 3.33. The third-order valence-corrected chi connectivity index (χ3v) is 4.92. The zero-order valence-corrected chi connectivity index (χ0v) is 16.2. The number of amides is 2. The van der Waals surface area contributed by atoms with Crippen LogP contribution >= 0.6 is 0 Å². The van der Waals surface area contributed by atoms with E-state index in [0.29, 0.717) is 17.2 Å². The van der Waals surface area contributed by atoms with E-state index < -0.39 is 33.2 Å². The Bertz CT molecular complexity index is 882. The summed E-state index contributed by atoms with van der Waals surface area (Å²) >= 11 is 0. The van der Waals surface area contributed by atoms with Crippen LogP contribution in [-0.4, -0.2) is 52.0 Å². The molecular weight excluding hydrogens is 384 g/mol. The fourth-order valence-electron chi connectivity index (χ4n) is 2.25. The molecule has 2 aromatic rings. The molecule has 28 heavy (non-hydrogen) atoms. The molecule has 0 unspecified atom stereocenters. The van der Waals surface area contributed by atoms with Crippen LogP contribution < -0.4 is 20.1 Å². The van der Waals surface area contributed by atoms with Gasteiger partial charge in [0.05, 0.1) is 13.7 Å². The van der Waals surface area contributed by atoms with Crippen LogP contribution in [0.1, 0.15) is 0 Å². The molecule has 2 N–H and O–H groups in total. The van der Waals surface area contributed by atoms with Gasteiger partial charge in [0.25, 0.3) is 0 Å². The van der Waals surface area contributed by atoms with Crippen molar-refractivity contribution in [2.45, 2.75) is 0 Å². The van der Waals surface area contributed by atoms with Crippen LogP contribution in [0.2, 0.25) is 0 Å². The van der Waals surface area contributed by atoms with E-state index in [0.717, 1.165) is 0 Å². The Morgan fingerprint density at radius 1 is 0.893 bits per heavy atom. The highest BCUT2D eigenvalue weighted by Crippen LogP contribution is 2.16. The quantitative estimate of drug-likeness (QED) is 0.575. The predicted octanol–water partition coefficient (Wildman–Crippen LogP) is 1.24. The fraction of sp³-hybridized carbons (Fsp3) is 0.263. The topological polar surface area (TPSA) is 111 Å². The lowest BCUT2D eigenvalue weighted by molar-refractivity contribution is -0.118. The second-order valence-corrected chi connectivity index (χ2v) is 7.88. The van der Waals surface area contributed by atoms with E-state index in [-0.39, 0.29) is 13.2 Å². The molecule has 2 rings (SSSR count). The molecule has 0 heterocycles. The lowest BCUT2D eigenvalue weighted by atomic mass is 10.3. The van der Waals surface area contributed by atoms with E-state index in [1.807, 2.05) is 0 Å². The van der Waals surface area contributed by atoms with Gasteiger partial charge in [-0.15, -0.1) is 0 Å². The van der Waals surface area contributed by atoms with Gasteiger partial charge < -0.3 is 20.1 Å². The number of carbonyl (C=O) groups is 2. The second kappa shape index (κ2) is 10.3. The van der Waals surface area contributed by atoms with Gasteiger partial charge in [0, 0.05) is 5.69 Å². The lowest BCUT2D eigenvalue weighted by Crippen LogP contribution is -2.35. The molecule has 0 aliphatic carbocycles. The van der Waals surface area contributed by atoms with Gasteiger partial charge in [-0.1, -0.05) is 18.2 Å². The van der Waals surface area contributed by atoms with E-state index >= 15 is 0 Å². The number of carbonyl (C=O) groups excluding carboxylic acids is 2. The van der Waals surface area contributed by atoms with Gasteiger partial charge in [-0.05, 0) is 36.4 Å². The summed E-state index contributed by atoms with van der Waals surface area (Å²) in [6, 6.07) is 15.4. The maximum atomic E-state index is 12.0. The molecular formula is C19H22N2O6S. The first kappa shape index (κ1) is 21.2. The highest BCUT2D eigenvalue weighted by molar-refractivity contribution is 7.92. The molecule has 0 fully saturated rings. The van der Waals surface area contributed by atoms with Gasteiger partial charge in [-0.25, -0.2) is 8.42 Å². The number of para-hydroxylation sites is 1. The maximum absolute atomic E-state index is 12.0. The van der Waals surface area contributed by atoms with E-state index in [4.69, 9.17) is 9.47 Å². The summed E-state index contributed by atoms with van der Waals surface area (Å²) < 4.78 is 34.5. The standard InChI is InChI=1S/C19H22N2O6S/c1-26-16-7-9-17(10-8-16)27-12-11-20-18(22)13-28(24,25)14-19(23)21-15-5-3-2-4-6-15/h2-10H,11-14H2,1H3,(H,20,22)(H,21,23). The molecule has 150 valence electrons. The minimum Gasteiger partial charge on any atom is -0.497 e.